The standard InChI is InChI=1S/C10H17N3O/c1-3-7-12-10(14)9-13(4-2)8-5-6-11/h3H,1,4-5,7-9H2,2H3,(H,12,14). The van der Waals surface area contributed by atoms with Crippen LogP contribution in [0, 0.1) is 11.3 Å². The first-order valence-electron chi connectivity index (χ1n) is 4.71. The van der Waals surface area contributed by atoms with Gasteiger partial charge in [-0.3, -0.25) is 9.69 Å². The van der Waals surface area contributed by atoms with Gasteiger partial charge < -0.3 is 5.32 Å². The van der Waals surface area contributed by atoms with E-state index in [1.807, 2.05) is 11.8 Å². The largest absolute Gasteiger partial charge is 0.352 e. The number of nitrogens with one attached hydrogen (secondary N) is 1. The van der Waals surface area contributed by atoms with E-state index in [1.54, 1.807) is 6.08 Å². The highest BCUT2D eigenvalue weighted by Gasteiger charge is 2.06. The van der Waals surface area contributed by atoms with Gasteiger partial charge in [0.1, 0.15) is 0 Å². The molecule has 0 bridgehead atoms. The molecule has 0 rings (SSSR count). The molecule has 0 saturated carbocycles. The second-order valence-corrected chi connectivity index (χ2v) is 2.87. The van der Waals surface area contributed by atoms with Crippen molar-refractivity contribution in [2.75, 3.05) is 26.2 Å². The molecule has 0 atom stereocenters. The van der Waals surface area contributed by atoms with E-state index >= 15 is 0 Å². The van der Waals surface area contributed by atoms with Crippen molar-refractivity contribution >= 4 is 5.91 Å². The van der Waals surface area contributed by atoms with Gasteiger partial charge in [-0.25, -0.2) is 0 Å². The predicted octanol–water partition coefficient (Wildman–Crippen LogP) is 0.524. The van der Waals surface area contributed by atoms with Gasteiger partial charge in [-0.2, -0.15) is 5.26 Å². The Morgan fingerprint density at radius 2 is 2.43 bits per heavy atom. The van der Waals surface area contributed by atoms with Crippen LogP contribution in [-0.2, 0) is 4.79 Å². The van der Waals surface area contributed by atoms with E-state index in [9.17, 15) is 4.79 Å². The lowest BCUT2D eigenvalue weighted by Crippen LogP contribution is -2.37. The summed E-state index contributed by atoms with van der Waals surface area (Å²) in [7, 11) is 0. The third kappa shape index (κ3) is 6.21. The number of hydrogen-bond acceptors (Lipinski definition) is 3. The second kappa shape index (κ2) is 8.27. The van der Waals surface area contributed by atoms with Crippen LogP contribution >= 0.6 is 0 Å². The van der Waals surface area contributed by atoms with Gasteiger partial charge >= 0.3 is 0 Å². The number of carbonyl (C=O) groups is 1. The predicted molar refractivity (Wildman–Crippen MR) is 55.6 cm³/mol. The molecule has 0 saturated heterocycles. The Kier molecular flexibility index (Phi) is 7.48. The highest BCUT2D eigenvalue weighted by molar-refractivity contribution is 5.78. The fourth-order valence-electron chi connectivity index (χ4n) is 1.00. The average molecular weight is 195 g/mol. The van der Waals surface area contributed by atoms with Crippen LogP contribution in [0.3, 0.4) is 0 Å². The van der Waals surface area contributed by atoms with Gasteiger partial charge in [-0.15, -0.1) is 6.58 Å². The summed E-state index contributed by atoms with van der Waals surface area (Å²) >= 11 is 0. The molecule has 0 spiro atoms. The number of likely N-dealkylation sites (N-methyl/N-ethyl adjacent to an activating group) is 1. The molecule has 0 radical (unpaired) electrons. The van der Waals surface area contributed by atoms with Crippen LogP contribution in [0.4, 0.5) is 0 Å². The van der Waals surface area contributed by atoms with Crippen molar-refractivity contribution in [3.63, 3.8) is 0 Å². The van der Waals surface area contributed by atoms with Crippen molar-refractivity contribution in [3.05, 3.63) is 12.7 Å². The summed E-state index contributed by atoms with van der Waals surface area (Å²) in [5, 5.41) is 11.1. The van der Waals surface area contributed by atoms with Gasteiger partial charge in [-0.05, 0) is 6.54 Å². The van der Waals surface area contributed by atoms with Gasteiger partial charge in [0.05, 0.1) is 12.6 Å². The maximum absolute atomic E-state index is 11.3. The Balaban J connectivity index is 3.74. The molecule has 0 aromatic carbocycles. The van der Waals surface area contributed by atoms with Gasteiger partial charge in [0, 0.05) is 19.5 Å². The molecule has 0 aromatic rings. The quantitative estimate of drug-likeness (QED) is 0.603. The van der Waals surface area contributed by atoms with Crippen LogP contribution in [-0.4, -0.2) is 37.0 Å². The number of amides is 1. The van der Waals surface area contributed by atoms with E-state index in [0.29, 0.717) is 26.1 Å². The third-order valence-corrected chi connectivity index (χ3v) is 1.80. The van der Waals surface area contributed by atoms with Crippen molar-refractivity contribution in [1.29, 1.82) is 5.26 Å². The molecule has 4 heteroatoms. The Bertz CT molecular complexity index is 220. The summed E-state index contributed by atoms with van der Waals surface area (Å²) in [6.07, 6.45) is 2.10. The first-order valence-corrected chi connectivity index (χ1v) is 4.71. The minimum atomic E-state index is -0.0234. The Hall–Kier alpha value is -1.34. The molecule has 0 aliphatic carbocycles. The van der Waals surface area contributed by atoms with Crippen LogP contribution in [0.25, 0.3) is 0 Å². The van der Waals surface area contributed by atoms with Crippen LogP contribution in [0.15, 0.2) is 12.7 Å². The zero-order chi connectivity index (χ0) is 10.8. The molecule has 0 aliphatic rings. The molecule has 1 N–H and O–H groups in total. The SMILES string of the molecule is C=CCNC(=O)CN(CC)CCC#N. The van der Waals surface area contributed by atoms with E-state index in [-0.39, 0.29) is 5.91 Å². The van der Waals surface area contributed by atoms with Gasteiger partial charge in [0.15, 0.2) is 0 Å². The molecule has 0 fully saturated rings. The highest BCUT2D eigenvalue weighted by atomic mass is 16.2. The van der Waals surface area contributed by atoms with Crippen molar-refractivity contribution < 1.29 is 4.79 Å². The van der Waals surface area contributed by atoms with Gasteiger partial charge in [0.25, 0.3) is 0 Å². The molecule has 0 aliphatic heterocycles. The number of rotatable bonds is 7. The summed E-state index contributed by atoms with van der Waals surface area (Å²) in [6.45, 7) is 7.76. The molecule has 0 heterocycles. The molecule has 0 aromatic heterocycles. The van der Waals surface area contributed by atoms with E-state index in [4.69, 9.17) is 5.26 Å². The third-order valence-electron chi connectivity index (χ3n) is 1.80. The van der Waals surface area contributed by atoms with Gasteiger partial charge in [0.2, 0.25) is 5.91 Å². The number of nitrogens with zero attached hydrogens (tertiary/aromatic N) is 2. The fourth-order valence-corrected chi connectivity index (χ4v) is 1.00. The topological polar surface area (TPSA) is 56.1 Å². The van der Waals surface area contributed by atoms with Crippen LogP contribution < -0.4 is 5.32 Å². The zero-order valence-electron chi connectivity index (χ0n) is 8.62. The Morgan fingerprint density at radius 3 is 2.93 bits per heavy atom. The van der Waals surface area contributed by atoms with Crippen molar-refractivity contribution in [2.45, 2.75) is 13.3 Å². The Labute approximate surface area is 85.2 Å². The number of hydrogen-bond donors (Lipinski definition) is 1. The molecule has 0 unspecified atom stereocenters. The normalized spacial score (nSPS) is 9.50. The molecular formula is C10H17N3O. The summed E-state index contributed by atoms with van der Waals surface area (Å²) in [5.41, 5.74) is 0. The zero-order valence-corrected chi connectivity index (χ0v) is 8.62. The smallest absolute Gasteiger partial charge is 0.234 e. The van der Waals surface area contributed by atoms with E-state index in [1.165, 1.54) is 0 Å². The molecular weight excluding hydrogens is 178 g/mol. The first-order chi connectivity index (χ1) is 6.74. The fraction of sp³-hybridized carbons (Fsp3) is 0.600. The van der Waals surface area contributed by atoms with E-state index < -0.39 is 0 Å². The van der Waals surface area contributed by atoms with E-state index in [2.05, 4.69) is 18.0 Å². The molecule has 1 amide bonds. The molecule has 14 heavy (non-hydrogen) atoms. The number of carbonyl (C=O) groups excluding carboxylic acids is 1. The minimum Gasteiger partial charge on any atom is -0.352 e. The lowest BCUT2D eigenvalue weighted by Gasteiger charge is -2.17. The summed E-state index contributed by atoms with van der Waals surface area (Å²) in [4.78, 5) is 13.2. The summed E-state index contributed by atoms with van der Waals surface area (Å²) < 4.78 is 0. The average Bonchev–Trinajstić information content (AvgIpc) is 2.21. The Morgan fingerprint density at radius 1 is 1.71 bits per heavy atom. The second-order valence-electron chi connectivity index (χ2n) is 2.87. The lowest BCUT2D eigenvalue weighted by atomic mass is 10.4. The summed E-state index contributed by atoms with van der Waals surface area (Å²) in [6, 6.07) is 2.06. The number of nitriles is 1. The van der Waals surface area contributed by atoms with Crippen molar-refractivity contribution in [2.24, 2.45) is 0 Å². The maximum atomic E-state index is 11.3. The van der Waals surface area contributed by atoms with Crippen molar-refractivity contribution in [1.82, 2.24) is 10.2 Å². The van der Waals surface area contributed by atoms with Crippen molar-refractivity contribution in [3.8, 4) is 6.07 Å². The first kappa shape index (κ1) is 12.7. The van der Waals surface area contributed by atoms with Crippen LogP contribution in [0.5, 0.6) is 0 Å². The monoisotopic (exact) mass is 195 g/mol. The van der Waals surface area contributed by atoms with Crippen LogP contribution in [0.1, 0.15) is 13.3 Å². The van der Waals surface area contributed by atoms with Crippen LogP contribution in [0.2, 0.25) is 0 Å². The minimum absolute atomic E-state index is 0.0234. The molecule has 78 valence electrons. The highest BCUT2D eigenvalue weighted by Crippen LogP contribution is 1.89. The van der Waals surface area contributed by atoms with Gasteiger partial charge in [-0.1, -0.05) is 13.0 Å². The summed E-state index contributed by atoms with van der Waals surface area (Å²) in [5.74, 6) is -0.0234. The lowest BCUT2D eigenvalue weighted by molar-refractivity contribution is -0.122. The maximum Gasteiger partial charge on any atom is 0.234 e. The van der Waals surface area contributed by atoms with E-state index in [0.717, 1.165) is 6.54 Å². The molecule has 4 nitrogen and oxygen atoms in total.